The van der Waals surface area contributed by atoms with Gasteiger partial charge in [-0.15, -0.1) is 12.4 Å². The highest BCUT2D eigenvalue weighted by Gasteiger charge is 2.31. The summed E-state index contributed by atoms with van der Waals surface area (Å²) in [5.74, 6) is 1.00. The van der Waals surface area contributed by atoms with Crippen molar-refractivity contribution in [2.24, 2.45) is 0 Å². The number of aromatic nitrogens is 4. The number of halogens is 2. The number of nitrogens with zero attached hydrogens (tertiary/aromatic N) is 4. The van der Waals surface area contributed by atoms with Crippen molar-refractivity contribution in [3.63, 3.8) is 0 Å². The summed E-state index contributed by atoms with van der Waals surface area (Å²) in [5, 5.41) is 10.2. The van der Waals surface area contributed by atoms with Crippen LogP contribution in [0.1, 0.15) is 38.4 Å². The molecule has 1 aliphatic rings. The first kappa shape index (κ1) is 20.2. The van der Waals surface area contributed by atoms with E-state index in [2.05, 4.69) is 21.9 Å². The summed E-state index contributed by atoms with van der Waals surface area (Å²) < 4.78 is 15.6. The van der Waals surface area contributed by atoms with Crippen LogP contribution in [0.2, 0.25) is 0 Å². The van der Waals surface area contributed by atoms with Crippen LogP contribution in [0, 0.1) is 5.82 Å². The van der Waals surface area contributed by atoms with Gasteiger partial charge in [0.1, 0.15) is 11.6 Å². The number of aliphatic hydroxyl groups is 1. The summed E-state index contributed by atoms with van der Waals surface area (Å²) in [6, 6.07) is 6.32. The number of nitrogens with two attached hydrogens (primary N) is 1. The van der Waals surface area contributed by atoms with E-state index in [1.807, 2.05) is 10.6 Å². The van der Waals surface area contributed by atoms with Crippen molar-refractivity contribution >= 4 is 35.5 Å². The van der Waals surface area contributed by atoms with Gasteiger partial charge in [0.2, 0.25) is 0 Å². The Labute approximate surface area is 168 Å². The highest BCUT2D eigenvalue weighted by molar-refractivity contribution is 5.86. The molecule has 6 nitrogen and oxygen atoms in total. The lowest BCUT2D eigenvalue weighted by molar-refractivity contribution is 0.0150. The van der Waals surface area contributed by atoms with E-state index in [0.717, 1.165) is 25.7 Å². The normalized spacial score (nSPS) is 15.5. The Balaban J connectivity index is 0.00000225. The predicted molar refractivity (Wildman–Crippen MR) is 111 cm³/mol. The standard InChI is InChI=1S/C20H22FN5O.ClH/c1-2-11-26-18(13-5-3-6-14(21)12-13)25-16-17(22)23-15(24-19(16)26)7-10-20(27)8-4-9-20;/h3,5-7,10,12,27H,2,4,8-9,11H2,1H3,(H2,22,23,24);1H. The maximum absolute atomic E-state index is 13.7. The number of rotatable bonds is 5. The van der Waals surface area contributed by atoms with E-state index >= 15 is 0 Å². The van der Waals surface area contributed by atoms with E-state index in [4.69, 9.17) is 5.73 Å². The number of hydrogen-bond acceptors (Lipinski definition) is 5. The average molecular weight is 404 g/mol. The number of fused-ring (bicyclic) bond motifs is 1. The van der Waals surface area contributed by atoms with Gasteiger partial charge in [-0.05, 0) is 50.0 Å². The number of aryl methyl sites for hydroxylation is 1. The van der Waals surface area contributed by atoms with Crippen LogP contribution >= 0.6 is 12.4 Å². The molecule has 0 spiro atoms. The summed E-state index contributed by atoms with van der Waals surface area (Å²) in [6.07, 6.45) is 6.83. The van der Waals surface area contributed by atoms with Gasteiger partial charge in [-0.25, -0.2) is 19.3 Å². The first-order valence-electron chi connectivity index (χ1n) is 9.20. The minimum absolute atomic E-state index is 0. The summed E-state index contributed by atoms with van der Waals surface area (Å²) >= 11 is 0. The van der Waals surface area contributed by atoms with Crippen molar-refractivity contribution in [2.75, 3.05) is 5.73 Å². The SMILES string of the molecule is CCCn1c(-c2cccc(F)c2)nc2c(N)nc(C=CC3(O)CCC3)nc21.Cl. The van der Waals surface area contributed by atoms with Gasteiger partial charge >= 0.3 is 0 Å². The molecule has 1 saturated carbocycles. The second kappa shape index (κ2) is 7.85. The third kappa shape index (κ3) is 3.72. The zero-order valence-electron chi connectivity index (χ0n) is 15.6. The number of hydrogen-bond donors (Lipinski definition) is 2. The molecule has 0 radical (unpaired) electrons. The molecule has 28 heavy (non-hydrogen) atoms. The Kier molecular flexibility index (Phi) is 5.67. The molecule has 1 aliphatic carbocycles. The molecule has 0 bridgehead atoms. The maximum atomic E-state index is 13.7. The molecule has 4 rings (SSSR count). The lowest BCUT2D eigenvalue weighted by Crippen LogP contribution is -2.33. The van der Waals surface area contributed by atoms with Crippen LogP contribution in [-0.4, -0.2) is 30.2 Å². The van der Waals surface area contributed by atoms with Crippen molar-refractivity contribution in [2.45, 2.75) is 44.8 Å². The van der Waals surface area contributed by atoms with Crippen molar-refractivity contribution < 1.29 is 9.50 Å². The molecule has 1 aromatic carbocycles. The van der Waals surface area contributed by atoms with E-state index in [1.54, 1.807) is 18.2 Å². The van der Waals surface area contributed by atoms with Crippen molar-refractivity contribution in [1.82, 2.24) is 19.5 Å². The van der Waals surface area contributed by atoms with E-state index in [9.17, 15) is 9.50 Å². The molecule has 0 atom stereocenters. The largest absolute Gasteiger partial charge is 0.386 e. The van der Waals surface area contributed by atoms with Crippen molar-refractivity contribution in [1.29, 1.82) is 0 Å². The van der Waals surface area contributed by atoms with Gasteiger partial charge in [0.05, 0.1) is 5.60 Å². The van der Waals surface area contributed by atoms with Crippen molar-refractivity contribution in [3.8, 4) is 11.4 Å². The second-order valence-electron chi connectivity index (χ2n) is 7.03. The van der Waals surface area contributed by atoms with Gasteiger partial charge in [0, 0.05) is 12.1 Å². The fourth-order valence-corrected chi connectivity index (χ4v) is 3.33. The molecule has 148 valence electrons. The highest BCUT2D eigenvalue weighted by atomic mass is 35.5. The lowest BCUT2D eigenvalue weighted by Gasteiger charge is -2.33. The number of benzene rings is 1. The highest BCUT2D eigenvalue weighted by Crippen LogP contribution is 2.33. The fourth-order valence-electron chi connectivity index (χ4n) is 3.33. The molecule has 2 aromatic heterocycles. The summed E-state index contributed by atoms with van der Waals surface area (Å²) in [6.45, 7) is 2.73. The second-order valence-corrected chi connectivity index (χ2v) is 7.03. The van der Waals surface area contributed by atoms with Gasteiger partial charge in [0.15, 0.2) is 22.8 Å². The third-order valence-electron chi connectivity index (χ3n) is 4.93. The van der Waals surface area contributed by atoms with Gasteiger partial charge in [-0.3, -0.25) is 0 Å². The van der Waals surface area contributed by atoms with Crippen LogP contribution in [0.25, 0.3) is 28.6 Å². The van der Waals surface area contributed by atoms with Crippen LogP contribution in [0.5, 0.6) is 0 Å². The third-order valence-corrected chi connectivity index (χ3v) is 4.93. The smallest absolute Gasteiger partial charge is 0.166 e. The summed E-state index contributed by atoms with van der Waals surface area (Å²) in [4.78, 5) is 13.5. The van der Waals surface area contributed by atoms with Gasteiger partial charge in [-0.2, -0.15) is 0 Å². The van der Waals surface area contributed by atoms with E-state index in [1.165, 1.54) is 12.1 Å². The van der Waals surface area contributed by atoms with Gasteiger partial charge in [0.25, 0.3) is 0 Å². The molecule has 0 saturated heterocycles. The molecule has 3 aromatic rings. The van der Waals surface area contributed by atoms with E-state index < -0.39 is 5.60 Å². The molecule has 0 aliphatic heterocycles. The Morgan fingerprint density at radius 1 is 1.29 bits per heavy atom. The molecule has 3 N–H and O–H groups in total. The van der Waals surface area contributed by atoms with Crippen molar-refractivity contribution in [3.05, 3.63) is 42.0 Å². The van der Waals surface area contributed by atoms with Crippen LogP contribution in [0.15, 0.2) is 30.3 Å². The van der Waals surface area contributed by atoms with Gasteiger partial charge in [-0.1, -0.05) is 19.1 Å². The number of anilines is 1. The topological polar surface area (TPSA) is 89.9 Å². The minimum Gasteiger partial charge on any atom is -0.386 e. The van der Waals surface area contributed by atoms with Gasteiger partial charge < -0.3 is 15.4 Å². The summed E-state index contributed by atoms with van der Waals surface area (Å²) in [5.41, 5.74) is 7.16. The van der Waals surface area contributed by atoms with Crippen LogP contribution in [-0.2, 0) is 6.54 Å². The van der Waals surface area contributed by atoms with Crippen LogP contribution in [0.4, 0.5) is 10.2 Å². The molecular weight excluding hydrogens is 381 g/mol. The molecule has 1 fully saturated rings. The number of imidazole rings is 1. The first-order chi connectivity index (χ1) is 13.0. The molecule has 8 heteroatoms. The molecule has 2 heterocycles. The minimum atomic E-state index is -0.760. The van der Waals surface area contributed by atoms with E-state index in [0.29, 0.717) is 34.9 Å². The average Bonchev–Trinajstić information content (AvgIpc) is 2.98. The zero-order valence-corrected chi connectivity index (χ0v) is 16.4. The number of nitrogen functional groups attached to an aromatic ring is 1. The Bertz CT molecular complexity index is 1030. The molecule has 0 unspecified atom stereocenters. The quantitative estimate of drug-likeness (QED) is 0.672. The Hall–Kier alpha value is -2.51. The Morgan fingerprint density at radius 3 is 2.71 bits per heavy atom. The first-order valence-corrected chi connectivity index (χ1v) is 9.20. The Morgan fingerprint density at radius 2 is 2.07 bits per heavy atom. The molecular formula is C20H23ClFN5O. The van der Waals surface area contributed by atoms with Crippen LogP contribution in [0.3, 0.4) is 0 Å². The fraction of sp³-hybridized carbons (Fsp3) is 0.350. The lowest BCUT2D eigenvalue weighted by atomic mass is 9.80. The molecule has 0 amide bonds. The van der Waals surface area contributed by atoms with E-state index in [-0.39, 0.29) is 24.0 Å². The van der Waals surface area contributed by atoms with Crippen LogP contribution < -0.4 is 5.73 Å². The summed E-state index contributed by atoms with van der Waals surface area (Å²) in [7, 11) is 0. The zero-order chi connectivity index (χ0) is 19.0. The monoisotopic (exact) mass is 403 g/mol. The predicted octanol–water partition coefficient (Wildman–Crippen LogP) is 3.97. The maximum Gasteiger partial charge on any atom is 0.166 e.